The lowest BCUT2D eigenvalue weighted by molar-refractivity contribution is 0.0600. The number of benzene rings is 1. The Labute approximate surface area is 97.0 Å². The Hall–Kier alpha value is -1.35. The molecule has 3 nitrogen and oxygen atoms in total. The number of nitrogens with zero attached hydrogens (tertiary/aromatic N) is 1. The van der Waals surface area contributed by atoms with Crippen molar-refractivity contribution < 1.29 is 9.53 Å². The average Bonchev–Trinajstić information content (AvgIpc) is 2.29. The summed E-state index contributed by atoms with van der Waals surface area (Å²) in [5.74, 6) is -0.284. The smallest absolute Gasteiger partial charge is 0.337 e. The number of hydrogen-bond acceptors (Lipinski definition) is 3. The van der Waals surface area contributed by atoms with Gasteiger partial charge in [-0.25, -0.2) is 4.79 Å². The normalized spacial score (nSPS) is 10.5. The molecule has 1 aromatic carbocycles. The lowest BCUT2D eigenvalue weighted by Crippen LogP contribution is -2.18. The van der Waals surface area contributed by atoms with Crippen LogP contribution in [0.15, 0.2) is 24.3 Å². The van der Waals surface area contributed by atoms with Crippen molar-refractivity contribution in [1.82, 2.24) is 4.90 Å². The van der Waals surface area contributed by atoms with Gasteiger partial charge in [0, 0.05) is 6.54 Å². The Morgan fingerprint density at radius 2 is 1.94 bits per heavy atom. The molecule has 0 aromatic heterocycles. The second-order valence-corrected chi connectivity index (χ2v) is 3.93. The highest BCUT2D eigenvalue weighted by Gasteiger charge is 2.05. The molecule has 0 N–H and O–H groups in total. The van der Waals surface area contributed by atoms with Crippen LogP contribution >= 0.6 is 0 Å². The van der Waals surface area contributed by atoms with Crippen LogP contribution in [0.2, 0.25) is 0 Å². The number of hydrogen-bond donors (Lipinski definition) is 0. The zero-order valence-electron chi connectivity index (χ0n) is 10.2. The Balaban J connectivity index is 2.61. The van der Waals surface area contributed by atoms with Crippen LogP contribution in [0, 0.1) is 0 Å². The number of carbonyl (C=O) groups excluding carboxylic acids is 1. The van der Waals surface area contributed by atoms with Gasteiger partial charge in [0.25, 0.3) is 0 Å². The minimum atomic E-state index is -0.284. The van der Waals surface area contributed by atoms with E-state index in [-0.39, 0.29) is 5.97 Å². The third kappa shape index (κ3) is 3.66. The molecule has 0 atom stereocenters. The lowest BCUT2D eigenvalue weighted by atomic mass is 10.1. The highest BCUT2D eigenvalue weighted by molar-refractivity contribution is 5.89. The number of carbonyl (C=O) groups is 1. The van der Waals surface area contributed by atoms with E-state index in [1.54, 1.807) is 12.1 Å². The first-order valence-electron chi connectivity index (χ1n) is 5.53. The molecule has 3 heteroatoms. The number of ether oxygens (including phenoxy) is 1. The van der Waals surface area contributed by atoms with Crippen LogP contribution in [0.25, 0.3) is 0 Å². The van der Waals surface area contributed by atoms with Gasteiger partial charge in [0.2, 0.25) is 0 Å². The van der Waals surface area contributed by atoms with Crippen molar-refractivity contribution in [2.45, 2.75) is 19.9 Å². The Kier molecular flexibility index (Phi) is 4.99. The summed E-state index contributed by atoms with van der Waals surface area (Å²) in [6.07, 6.45) is 1.15. The van der Waals surface area contributed by atoms with E-state index in [0.29, 0.717) is 5.56 Å². The van der Waals surface area contributed by atoms with E-state index < -0.39 is 0 Å². The summed E-state index contributed by atoms with van der Waals surface area (Å²) in [6.45, 7) is 4.16. The second-order valence-electron chi connectivity index (χ2n) is 3.93. The summed E-state index contributed by atoms with van der Waals surface area (Å²) in [7, 11) is 3.49. The minimum absolute atomic E-state index is 0.284. The van der Waals surface area contributed by atoms with E-state index in [4.69, 9.17) is 0 Å². The fourth-order valence-corrected chi connectivity index (χ4v) is 1.64. The zero-order valence-corrected chi connectivity index (χ0v) is 10.2. The van der Waals surface area contributed by atoms with Crippen molar-refractivity contribution >= 4 is 5.97 Å². The third-order valence-electron chi connectivity index (χ3n) is 2.43. The molecule has 0 saturated heterocycles. The second kappa shape index (κ2) is 6.28. The molecule has 1 aromatic rings. The molecule has 0 bridgehead atoms. The van der Waals surface area contributed by atoms with Crippen molar-refractivity contribution in [3.8, 4) is 0 Å². The van der Waals surface area contributed by atoms with Gasteiger partial charge >= 0.3 is 5.97 Å². The van der Waals surface area contributed by atoms with Crippen molar-refractivity contribution in [3.05, 3.63) is 35.4 Å². The van der Waals surface area contributed by atoms with Gasteiger partial charge in [-0.2, -0.15) is 0 Å². The highest BCUT2D eigenvalue weighted by Crippen LogP contribution is 2.07. The van der Waals surface area contributed by atoms with E-state index >= 15 is 0 Å². The number of methoxy groups -OCH3 is 1. The summed E-state index contributed by atoms with van der Waals surface area (Å²) >= 11 is 0. The molecular weight excluding hydrogens is 202 g/mol. The Morgan fingerprint density at radius 3 is 2.44 bits per heavy atom. The van der Waals surface area contributed by atoms with Crippen LogP contribution in [0.5, 0.6) is 0 Å². The molecule has 0 aliphatic carbocycles. The van der Waals surface area contributed by atoms with Gasteiger partial charge in [-0.05, 0) is 37.7 Å². The van der Waals surface area contributed by atoms with Gasteiger partial charge in [-0.15, -0.1) is 0 Å². The van der Waals surface area contributed by atoms with E-state index in [2.05, 4.69) is 23.6 Å². The summed E-state index contributed by atoms with van der Waals surface area (Å²) in [5.41, 5.74) is 1.81. The molecule has 0 unspecified atom stereocenters. The topological polar surface area (TPSA) is 29.5 Å². The number of esters is 1. The SMILES string of the molecule is CCCN(C)Cc1ccc(C(=O)OC)cc1. The molecule has 0 radical (unpaired) electrons. The van der Waals surface area contributed by atoms with Crippen LogP contribution in [0.4, 0.5) is 0 Å². The van der Waals surface area contributed by atoms with E-state index in [1.165, 1.54) is 12.7 Å². The highest BCUT2D eigenvalue weighted by atomic mass is 16.5. The van der Waals surface area contributed by atoms with Crippen LogP contribution in [-0.2, 0) is 11.3 Å². The Morgan fingerprint density at radius 1 is 1.31 bits per heavy atom. The summed E-state index contributed by atoms with van der Waals surface area (Å²) < 4.78 is 4.65. The average molecular weight is 221 g/mol. The molecule has 0 aliphatic heterocycles. The van der Waals surface area contributed by atoms with E-state index in [1.807, 2.05) is 12.1 Å². The van der Waals surface area contributed by atoms with Crippen molar-refractivity contribution in [2.24, 2.45) is 0 Å². The van der Waals surface area contributed by atoms with Crippen LogP contribution in [0.1, 0.15) is 29.3 Å². The molecule has 0 amide bonds. The third-order valence-corrected chi connectivity index (χ3v) is 2.43. The molecule has 0 spiro atoms. The van der Waals surface area contributed by atoms with Crippen molar-refractivity contribution in [3.63, 3.8) is 0 Å². The fourth-order valence-electron chi connectivity index (χ4n) is 1.64. The van der Waals surface area contributed by atoms with Crippen LogP contribution in [0.3, 0.4) is 0 Å². The molecule has 0 heterocycles. The molecule has 16 heavy (non-hydrogen) atoms. The standard InChI is InChI=1S/C13H19NO2/c1-4-9-14(2)10-11-5-7-12(8-6-11)13(15)16-3/h5-8H,4,9-10H2,1-3H3. The predicted molar refractivity (Wildman–Crippen MR) is 64.4 cm³/mol. The predicted octanol–water partition coefficient (Wildman–Crippen LogP) is 2.32. The lowest BCUT2D eigenvalue weighted by Gasteiger charge is -2.15. The first-order chi connectivity index (χ1) is 7.67. The summed E-state index contributed by atoms with van der Waals surface area (Å²) in [6, 6.07) is 7.55. The molecule has 1 rings (SSSR count). The first-order valence-corrected chi connectivity index (χ1v) is 5.53. The van der Waals surface area contributed by atoms with Gasteiger partial charge in [0.15, 0.2) is 0 Å². The fraction of sp³-hybridized carbons (Fsp3) is 0.462. The quantitative estimate of drug-likeness (QED) is 0.715. The Bertz CT molecular complexity index is 332. The monoisotopic (exact) mass is 221 g/mol. The van der Waals surface area contributed by atoms with Crippen molar-refractivity contribution in [2.75, 3.05) is 20.7 Å². The maximum Gasteiger partial charge on any atom is 0.337 e. The minimum Gasteiger partial charge on any atom is -0.465 e. The maximum atomic E-state index is 11.2. The molecule has 88 valence electrons. The molecular formula is C13H19NO2. The zero-order chi connectivity index (χ0) is 12.0. The largest absolute Gasteiger partial charge is 0.465 e. The maximum absolute atomic E-state index is 11.2. The van der Waals surface area contributed by atoms with Gasteiger partial charge < -0.3 is 9.64 Å². The van der Waals surface area contributed by atoms with Crippen molar-refractivity contribution in [1.29, 1.82) is 0 Å². The van der Waals surface area contributed by atoms with Gasteiger partial charge in [0.05, 0.1) is 12.7 Å². The number of rotatable bonds is 5. The summed E-state index contributed by atoms with van der Waals surface area (Å²) in [5, 5.41) is 0. The molecule has 0 fully saturated rings. The van der Waals surface area contributed by atoms with Crippen LogP contribution < -0.4 is 0 Å². The van der Waals surface area contributed by atoms with Gasteiger partial charge in [-0.1, -0.05) is 19.1 Å². The molecule has 0 aliphatic rings. The summed E-state index contributed by atoms with van der Waals surface area (Å²) in [4.78, 5) is 13.5. The van der Waals surface area contributed by atoms with E-state index in [0.717, 1.165) is 19.5 Å². The van der Waals surface area contributed by atoms with Gasteiger partial charge in [-0.3, -0.25) is 0 Å². The molecule has 0 saturated carbocycles. The first kappa shape index (κ1) is 12.7. The van der Waals surface area contributed by atoms with Gasteiger partial charge in [0.1, 0.15) is 0 Å². The van der Waals surface area contributed by atoms with E-state index in [9.17, 15) is 4.79 Å². The van der Waals surface area contributed by atoms with Crippen LogP contribution in [-0.4, -0.2) is 31.6 Å².